The molecule has 2 heterocycles. The normalized spacial score (nSPS) is 19.7. The Morgan fingerprint density at radius 2 is 2.31 bits per heavy atom. The van der Waals surface area contributed by atoms with Gasteiger partial charge in [-0.1, -0.05) is 18.7 Å². The number of hydrazone groups is 1. The lowest BCUT2D eigenvalue weighted by Gasteiger charge is -2.16. The first kappa shape index (κ1) is 18.2. The van der Waals surface area contributed by atoms with Crippen molar-refractivity contribution in [3.63, 3.8) is 0 Å². The summed E-state index contributed by atoms with van der Waals surface area (Å²) in [6, 6.07) is 4.32. The Labute approximate surface area is 153 Å². The summed E-state index contributed by atoms with van der Waals surface area (Å²) < 4.78 is 19.7. The van der Waals surface area contributed by atoms with Crippen molar-refractivity contribution in [3.8, 4) is 0 Å². The number of amides is 3. The fraction of sp³-hybridized carbons (Fsp3) is 0.375. The van der Waals surface area contributed by atoms with Gasteiger partial charge in [-0.05, 0) is 18.2 Å². The number of rotatable bonds is 5. The quantitative estimate of drug-likeness (QED) is 0.800. The van der Waals surface area contributed by atoms with Crippen LogP contribution in [0.25, 0.3) is 0 Å². The van der Waals surface area contributed by atoms with Crippen LogP contribution < -0.4 is 15.6 Å². The molecule has 2 aliphatic heterocycles. The summed E-state index contributed by atoms with van der Waals surface area (Å²) in [4.78, 5) is 35.8. The van der Waals surface area contributed by atoms with Gasteiger partial charge < -0.3 is 10.1 Å². The van der Waals surface area contributed by atoms with Crippen molar-refractivity contribution in [1.29, 1.82) is 0 Å². The Morgan fingerprint density at radius 1 is 1.50 bits per heavy atom. The summed E-state index contributed by atoms with van der Waals surface area (Å²) in [7, 11) is 0. The number of carbonyl (C=O) groups excluding carboxylic acids is 3. The molecule has 0 aliphatic carbocycles. The Hall–Kier alpha value is -2.62. The molecule has 2 N–H and O–H groups in total. The number of anilines is 1. The number of thioether (sulfide) groups is 1. The second-order valence-electron chi connectivity index (χ2n) is 5.68. The molecule has 1 fully saturated rings. The maximum Gasteiger partial charge on any atom is 0.414 e. The van der Waals surface area contributed by atoms with E-state index in [1.54, 1.807) is 13.0 Å². The van der Waals surface area contributed by atoms with Crippen LogP contribution in [0.5, 0.6) is 0 Å². The van der Waals surface area contributed by atoms with E-state index < -0.39 is 18.0 Å². The molecule has 1 atom stereocenters. The summed E-state index contributed by atoms with van der Waals surface area (Å²) >= 11 is 1.14. The van der Waals surface area contributed by atoms with Gasteiger partial charge in [-0.3, -0.25) is 14.5 Å². The van der Waals surface area contributed by atoms with E-state index >= 15 is 0 Å². The highest BCUT2D eigenvalue weighted by Gasteiger charge is 2.33. The second-order valence-corrected chi connectivity index (χ2v) is 6.64. The van der Waals surface area contributed by atoms with Gasteiger partial charge in [-0.15, -0.1) is 0 Å². The fourth-order valence-corrected chi connectivity index (χ4v) is 3.25. The molecule has 2 aliphatic rings. The van der Waals surface area contributed by atoms with Gasteiger partial charge in [0, 0.05) is 12.0 Å². The third-order valence-electron chi connectivity index (χ3n) is 3.84. The molecule has 3 amide bonds. The van der Waals surface area contributed by atoms with Crippen molar-refractivity contribution in [2.45, 2.75) is 19.4 Å². The highest BCUT2D eigenvalue weighted by molar-refractivity contribution is 8.15. The minimum absolute atomic E-state index is 0.132. The minimum Gasteiger partial charge on any atom is -0.442 e. The third-order valence-corrected chi connectivity index (χ3v) is 4.83. The zero-order chi connectivity index (χ0) is 18.7. The number of nitrogens with one attached hydrogen (secondary N) is 2. The van der Waals surface area contributed by atoms with E-state index in [1.165, 1.54) is 17.0 Å². The van der Waals surface area contributed by atoms with Gasteiger partial charge in [-0.2, -0.15) is 5.10 Å². The van der Waals surface area contributed by atoms with Crippen LogP contribution in [0, 0.1) is 5.82 Å². The molecule has 0 bridgehead atoms. The fourth-order valence-electron chi connectivity index (χ4n) is 2.49. The number of hydrogen-bond acceptors (Lipinski definition) is 6. The van der Waals surface area contributed by atoms with Gasteiger partial charge >= 0.3 is 6.09 Å². The van der Waals surface area contributed by atoms with E-state index in [4.69, 9.17) is 4.74 Å². The van der Waals surface area contributed by atoms with Gasteiger partial charge in [-0.25, -0.2) is 14.6 Å². The molecule has 26 heavy (non-hydrogen) atoms. The van der Waals surface area contributed by atoms with E-state index in [0.29, 0.717) is 17.2 Å². The van der Waals surface area contributed by atoms with Crippen molar-refractivity contribution in [1.82, 2.24) is 10.7 Å². The van der Waals surface area contributed by atoms with Crippen LogP contribution in [0.4, 0.5) is 14.9 Å². The van der Waals surface area contributed by atoms with Crippen molar-refractivity contribution >= 4 is 40.4 Å². The van der Waals surface area contributed by atoms with Crippen molar-refractivity contribution in [2.24, 2.45) is 5.10 Å². The average molecular weight is 380 g/mol. The maximum atomic E-state index is 14.5. The molecule has 1 aromatic carbocycles. The molecule has 8 nitrogen and oxygen atoms in total. The van der Waals surface area contributed by atoms with Crippen LogP contribution in [0.3, 0.4) is 0 Å². The lowest BCUT2D eigenvalue weighted by atomic mass is 10.2. The minimum atomic E-state index is -0.593. The topological polar surface area (TPSA) is 100 Å². The molecule has 3 rings (SSSR count). The van der Waals surface area contributed by atoms with Crippen LogP contribution in [-0.4, -0.2) is 47.9 Å². The third kappa shape index (κ3) is 3.96. The highest BCUT2D eigenvalue weighted by Crippen LogP contribution is 2.26. The van der Waals surface area contributed by atoms with Crippen molar-refractivity contribution in [3.05, 3.63) is 29.6 Å². The number of halogens is 1. The number of cyclic esters (lactones) is 1. The zero-order valence-corrected chi connectivity index (χ0v) is 14.8. The van der Waals surface area contributed by atoms with Crippen LogP contribution in [0.15, 0.2) is 23.3 Å². The predicted molar refractivity (Wildman–Crippen MR) is 94.5 cm³/mol. The number of nitrogens with zero attached hydrogens (tertiary/aromatic N) is 2. The van der Waals surface area contributed by atoms with E-state index in [9.17, 15) is 18.8 Å². The molecule has 0 radical (unpaired) electrons. The first-order valence-corrected chi connectivity index (χ1v) is 9.00. The first-order valence-electron chi connectivity index (χ1n) is 8.02. The predicted octanol–water partition coefficient (Wildman–Crippen LogP) is 1.20. The first-order chi connectivity index (χ1) is 12.5. The van der Waals surface area contributed by atoms with E-state index in [-0.39, 0.29) is 36.2 Å². The molecular weight excluding hydrogens is 363 g/mol. The summed E-state index contributed by atoms with van der Waals surface area (Å²) in [6.07, 6.45) is -0.738. The molecule has 138 valence electrons. The number of carbonyl (C=O) groups is 3. The molecule has 1 saturated heterocycles. The van der Waals surface area contributed by atoms with E-state index in [1.807, 2.05) is 0 Å². The molecule has 1 aromatic rings. The molecular formula is C16H17FN4O4S. The van der Waals surface area contributed by atoms with Crippen LogP contribution >= 0.6 is 11.8 Å². The molecule has 0 unspecified atom stereocenters. The lowest BCUT2D eigenvalue weighted by Crippen LogP contribution is -2.34. The number of ether oxygens (including phenoxy) is 1. The van der Waals surface area contributed by atoms with Crippen LogP contribution in [0.1, 0.15) is 18.9 Å². The largest absolute Gasteiger partial charge is 0.442 e. The van der Waals surface area contributed by atoms with Gasteiger partial charge in [0.1, 0.15) is 17.0 Å². The summed E-state index contributed by atoms with van der Waals surface area (Å²) in [6.45, 7) is 2.16. The molecule has 0 saturated carbocycles. The SMILES string of the molecule is CCC(=O)NC[C@H]1CN(c2ccc(C3=NNC(=O)CS3)c(F)c2)C(=O)O1. The molecule has 0 spiro atoms. The highest BCUT2D eigenvalue weighted by atomic mass is 32.2. The Morgan fingerprint density at radius 3 is 2.96 bits per heavy atom. The molecule has 10 heteroatoms. The maximum absolute atomic E-state index is 14.5. The number of hydrogen-bond donors (Lipinski definition) is 2. The van der Waals surface area contributed by atoms with Crippen LogP contribution in [0.2, 0.25) is 0 Å². The average Bonchev–Trinajstić information content (AvgIpc) is 3.01. The van der Waals surface area contributed by atoms with Crippen LogP contribution in [-0.2, 0) is 14.3 Å². The summed E-state index contributed by atoms with van der Waals surface area (Å²) in [5, 5.41) is 6.88. The standard InChI is InChI=1S/C16H17FN4O4S/c1-2-13(22)18-6-10-7-21(16(24)25-10)9-3-4-11(12(17)5-9)15-20-19-14(23)8-26-15/h3-5,10H,2,6-8H2,1H3,(H,18,22)(H,19,23)/t10-/m0/s1. The Kier molecular flexibility index (Phi) is 5.40. The van der Waals surface area contributed by atoms with E-state index in [0.717, 1.165) is 11.8 Å². The second kappa shape index (κ2) is 7.73. The van der Waals surface area contributed by atoms with Gasteiger partial charge in [0.25, 0.3) is 5.91 Å². The Balaban J connectivity index is 1.70. The van der Waals surface area contributed by atoms with E-state index in [2.05, 4.69) is 15.8 Å². The summed E-state index contributed by atoms with van der Waals surface area (Å²) in [5.41, 5.74) is 2.91. The zero-order valence-electron chi connectivity index (χ0n) is 14.0. The van der Waals surface area contributed by atoms with Gasteiger partial charge in [0.2, 0.25) is 5.91 Å². The summed E-state index contributed by atoms with van der Waals surface area (Å²) in [5.74, 6) is -0.756. The lowest BCUT2D eigenvalue weighted by molar-refractivity contribution is -0.121. The smallest absolute Gasteiger partial charge is 0.414 e. The van der Waals surface area contributed by atoms with Crippen molar-refractivity contribution in [2.75, 3.05) is 23.7 Å². The monoisotopic (exact) mass is 380 g/mol. The molecule has 0 aromatic heterocycles. The van der Waals surface area contributed by atoms with Crippen molar-refractivity contribution < 1.29 is 23.5 Å². The van der Waals surface area contributed by atoms with Gasteiger partial charge in [0.05, 0.1) is 24.5 Å². The van der Waals surface area contributed by atoms with Gasteiger partial charge in [0.15, 0.2) is 0 Å². The number of benzene rings is 1. The Bertz CT molecular complexity index is 786.